The minimum absolute atomic E-state index is 0.149. The molecule has 0 atom stereocenters. The second-order valence-corrected chi connectivity index (χ2v) is 9.18. The molecule has 0 bridgehead atoms. The standard InChI is InChI=1S/C29H28N6O/c36-29-25-20-30-35(24-14-8-3-9-15-24)28(25)31-26(32-29)21-33-16-18-34(19-17-33)27(22-10-4-1-5-11-22)23-12-6-2-7-13-23/h1-15,20,27H,16-19,21H2,(H,31,32,36). The molecular weight excluding hydrogens is 448 g/mol. The fourth-order valence-electron chi connectivity index (χ4n) is 5.07. The predicted molar refractivity (Wildman–Crippen MR) is 141 cm³/mol. The van der Waals surface area contributed by atoms with Crippen molar-refractivity contribution in [3.05, 3.63) is 124 Å². The van der Waals surface area contributed by atoms with Gasteiger partial charge in [0.2, 0.25) is 0 Å². The van der Waals surface area contributed by atoms with E-state index in [1.165, 1.54) is 11.1 Å². The van der Waals surface area contributed by atoms with Gasteiger partial charge in [-0.25, -0.2) is 9.67 Å². The van der Waals surface area contributed by atoms with E-state index in [1.54, 1.807) is 10.9 Å². The van der Waals surface area contributed by atoms with E-state index in [-0.39, 0.29) is 11.6 Å². The zero-order valence-electron chi connectivity index (χ0n) is 20.0. The SMILES string of the molecule is O=c1[nH]c(CN2CCN(C(c3ccccc3)c3ccccc3)CC2)nc2c1cnn2-c1ccccc1. The highest BCUT2D eigenvalue weighted by Crippen LogP contribution is 2.29. The zero-order chi connectivity index (χ0) is 24.3. The lowest BCUT2D eigenvalue weighted by Gasteiger charge is -2.39. The Labute approximate surface area is 209 Å². The number of fused-ring (bicyclic) bond motifs is 1. The molecule has 7 heteroatoms. The number of aromatic amines is 1. The van der Waals surface area contributed by atoms with Gasteiger partial charge in [-0.15, -0.1) is 0 Å². The molecule has 0 amide bonds. The highest BCUT2D eigenvalue weighted by Gasteiger charge is 2.26. The van der Waals surface area contributed by atoms with E-state index in [9.17, 15) is 4.79 Å². The number of benzene rings is 3. The first-order valence-electron chi connectivity index (χ1n) is 12.3. The van der Waals surface area contributed by atoms with Gasteiger partial charge in [-0.2, -0.15) is 5.10 Å². The molecule has 3 heterocycles. The third kappa shape index (κ3) is 4.46. The van der Waals surface area contributed by atoms with Crippen molar-refractivity contribution in [3.8, 4) is 5.69 Å². The minimum Gasteiger partial charge on any atom is -0.309 e. The number of para-hydroxylation sites is 1. The third-order valence-corrected chi connectivity index (χ3v) is 6.86. The predicted octanol–water partition coefficient (Wildman–Crippen LogP) is 4.02. The number of rotatable bonds is 6. The van der Waals surface area contributed by atoms with Gasteiger partial charge in [0.15, 0.2) is 5.65 Å². The summed E-state index contributed by atoms with van der Waals surface area (Å²) in [4.78, 5) is 25.4. The van der Waals surface area contributed by atoms with Crippen LogP contribution in [0.5, 0.6) is 0 Å². The van der Waals surface area contributed by atoms with Crippen LogP contribution in [0.3, 0.4) is 0 Å². The minimum atomic E-state index is -0.149. The summed E-state index contributed by atoms with van der Waals surface area (Å²) < 4.78 is 1.73. The van der Waals surface area contributed by atoms with E-state index in [4.69, 9.17) is 4.98 Å². The van der Waals surface area contributed by atoms with Crippen LogP contribution in [0.1, 0.15) is 23.0 Å². The van der Waals surface area contributed by atoms with Crippen LogP contribution in [0, 0.1) is 0 Å². The van der Waals surface area contributed by atoms with Crippen LogP contribution in [-0.2, 0) is 6.54 Å². The first-order chi connectivity index (χ1) is 17.8. The normalized spacial score (nSPS) is 15.0. The molecular formula is C29H28N6O. The lowest BCUT2D eigenvalue weighted by atomic mass is 9.96. The smallest absolute Gasteiger partial charge is 0.262 e. The first kappa shape index (κ1) is 22.4. The molecule has 6 rings (SSSR count). The van der Waals surface area contributed by atoms with E-state index in [0.29, 0.717) is 23.4 Å². The monoisotopic (exact) mass is 476 g/mol. The van der Waals surface area contributed by atoms with Crippen molar-refractivity contribution in [2.75, 3.05) is 26.2 Å². The average Bonchev–Trinajstić information content (AvgIpc) is 3.36. The summed E-state index contributed by atoms with van der Waals surface area (Å²) in [7, 11) is 0. The maximum absolute atomic E-state index is 12.8. The van der Waals surface area contributed by atoms with Gasteiger partial charge in [-0.05, 0) is 23.3 Å². The summed E-state index contributed by atoms with van der Waals surface area (Å²) in [6.45, 7) is 4.26. The first-order valence-corrected chi connectivity index (χ1v) is 12.3. The van der Waals surface area contributed by atoms with Crippen LogP contribution in [0.2, 0.25) is 0 Å². The molecule has 0 spiro atoms. The Morgan fingerprint density at radius 2 is 1.36 bits per heavy atom. The van der Waals surface area contributed by atoms with E-state index in [2.05, 4.69) is 80.5 Å². The van der Waals surface area contributed by atoms with Crippen molar-refractivity contribution in [1.82, 2.24) is 29.5 Å². The van der Waals surface area contributed by atoms with Crippen molar-refractivity contribution in [3.63, 3.8) is 0 Å². The molecule has 1 N–H and O–H groups in total. The molecule has 0 unspecified atom stereocenters. The molecule has 1 fully saturated rings. The van der Waals surface area contributed by atoms with Crippen molar-refractivity contribution in [1.29, 1.82) is 0 Å². The zero-order valence-corrected chi connectivity index (χ0v) is 20.0. The number of nitrogens with zero attached hydrogens (tertiary/aromatic N) is 5. The van der Waals surface area contributed by atoms with Crippen LogP contribution < -0.4 is 5.56 Å². The van der Waals surface area contributed by atoms with Crippen LogP contribution in [0.4, 0.5) is 0 Å². The highest BCUT2D eigenvalue weighted by atomic mass is 16.1. The lowest BCUT2D eigenvalue weighted by molar-refractivity contribution is 0.103. The molecule has 36 heavy (non-hydrogen) atoms. The van der Waals surface area contributed by atoms with Gasteiger partial charge in [0.25, 0.3) is 5.56 Å². The molecule has 1 aliphatic heterocycles. The van der Waals surface area contributed by atoms with Crippen molar-refractivity contribution in [2.24, 2.45) is 0 Å². The quantitative estimate of drug-likeness (QED) is 0.401. The summed E-state index contributed by atoms with van der Waals surface area (Å²) in [5.41, 5.74) is 3.94. The Kier molecular flexibility index (Phi) is 6.15. The van der Waals surface area contributed by atoms with Crippen LogP contribution in [0.25, 0.3) is 16.7 Å². The fourth-order valence-corrected chi connectivity index (χ4v) is 5.07. The number of hydrogen-bond donors (Lipinski definition) is 1. The van der Waals surface area contributed by atoms with E-state index >= 15 is 0 Å². The largest absolute Gasteiger partial charge is 0.309 e. The molecule has 0 aliphatic carbocycles. The van der Waals surface area contributed by atoms with E-state index < -0.39 is 0 Å². The van der Waals surface area contributed by atoms with Gasteiger partial charge >= 0.3 is 0 Å². The fraction of sp³-hybridized carbons (Fsp3) is 0.207. The Morgan fingerprint density at radius 3 is 1.97 bits per heavy atom. The summed E-state index contributed by atoms with van der Waals surface area (Å²) >= 11 is 0. The van der Waals surface area contributed by atoms with E-state index in [0.717, 1.165) is 31.9 Å². The second kappa shape index (κ2) is 9.89. The highest BCUT2D eigenvalue weighted by molar-refractivity contribution is 5.75. The van der Waals surface area contributed by atoms with E-state index in [1.807, 2.05) is 30.3 Å². The average molecular weight is 477 g/mol. The second-order valence-electron chi connectivity index (χ2n) is 9.18. The Bertz CT molecular complexity index is 1450. The van der Waals surface area contributed by atoms with Gasteiger partial charge in [-0.1, -0.05) is 78.9 Å². The van der Waals surface area contributed by atoms with Crippen LogP contribution >= 0.6 is 0 Å². The van der Waals surface area contributed by atoms with Gasteiger partial charge in [0, 0.05) is 26.2 Å². The summed E-state index contributed by atoms with van der Waals surface area (Å²) in [6, 6.07) is 31.4. The lowest BCUT2D eigenvalue weighted by Crippen LogP contribution is -2.47. The summed E-state index contributed by atoms with van der Waals surface area (Å²) in [5, 5.41) is 4.92. The maximum Gasteiger partial charge on any atom is 0.262 e. The molecule has 3 aromatic carbocycles. The Hall–Kier alpha value is -4.07. The van der Waals surface area contributed by atoms with Crippen LogP contribution in [0.15, 0.2) is 102 Å². The molecule has 2 aromatic heterocycles. The number of piperazine rings is 1. The summed E-state index contributed by atoms with van der Waals surface area (Å²) in [6.07, 6.45) is 1.59. The Balaban J connectivity index is 1.21. The molecule has 1 saturated heterocycles. The van der Waals surface area contributed by atoms with Gasteiger partial charge in [0.1, 0.15) is 11.2 Å². The topological polar surface area (TPSA) is 70.1 Å². The molecule has 7 nitrogen and oxygen atoms in total. The van der Waals surface area contributed by atoms with Gasteiger partial charge < -0.3 is 4.98 Å². The van der Waals surface area contributed by atoms with Crippen molar-refractivity contribution in [2.45, 2.75) is 12.6 Å². The van der Waals surface area contributed by atoms with Crippen molar-refractivity contribution >= 4 is 11.0 Å². The van der Waals surface area contributed by atoms with Crippen LogP contribution in [-0.4, -0.2) is 55.7 Å². The maximum atomic E-state index is 12.8. The van der Waals surface area contributed by atoms with Crippen molar-refractivity contribution < 1.29 is 0 Å². The molecule has 0 saturated carbocycles. The number of aromatic nitrogens is 4. The molecule has 0 radical (unpaired) electrons. The number of H-pyrrole nitrogens is 1. The third-order valence-electron chi connectivity index (χ3n) is 6.86. The number of hydrogen-bond acceptors (Lipinski definition) is 5. The van der Waals surface area contributed by atoms with Gasteiger partial charge in [-0.3, -0.25) is 14.6 Å². The molecule has 1 aliphatic rings. The van der Waals surface area contributed by atoms with Gasteiger partial charge in [0.05, 0.1) is 24.5 Å². The molecule has 5 aromatic rings. The Morgan fingerprint density at radius 1 is 0.778 bits per heavy atom. The summed E-state index contributed by atoms with van der Waals surface area (Å²) in [5.74, 6) is 0.668. The molecule has 180 valence electrons. The number of nitrogens with one attached hydrogen (secondary N) is 1.